The molecule has 1 aliphatic heterocycles. The highest BCUT2D eigenvalue weighted by Crippen LogP contribution is 2.25. The number of amides is 3. The van der Waals surface area contributed by atoms with Crippen LogP contribution in [0.1, 0.15) is 24.4 Å². The summed E-state index contributed by atoms with van der Waals surface area (Å²) in [7, 11) is 1.54. The highest BCUT2D eigenvalue weighted by Gasteiger charge is 2.24. The molecule has 9 heteroatoms. The van der Waals surface area contributed by atoms with Gasteiger partial charge in [0.15, 0.2) is 0 Å². The van der Waals surface area contributed by atoms with Gasteiger partial charge < -0.3 is 25.7 Å². The highest BCUT2D eigenvalue weighted by atomic mass is 35.5. The van der Waals surface area contributed by atoms with Crippen LogP contribution in [-0.4, -0.2) is 31.4 Å². The SMILES string of the molecule is CO/N=C1/CCCN1c1ccc(NC(=O)[C@H](NC(=O)Nc2ccc(Cl)cc2)c2ccccc2)cc1. The molecule has 0 saturated carbocycles. The monoisotopic (exact) mass is 491 g/mol. The van der Waals surface area contributed by atoms with Crippen molar-refractivity contribution in [3.8, 4) is 0 Å². The average Bonchev–Trinajstić information content (AvgIpc) is 3.33. The van der Waals surface area contributed by atoms with E-state index in [0.29, 0.717) is 22.0 Å². The first-order valence-electron chi connectivity index (χ1n) is 11.2. The number of rotatable bonds is 7. The minimum atomic E-state index is -0.901. The molecular formula is C26H26ClN5O3. The Labute approximate surface area is 208 Å². The Morgan fingerprint density at radius 2 is 1.60 bits per heavy atom. The Morgan fingerprint density at radius 1 is 0.943 bits per heavy atom. The number of halogens is 1. The van der Waals surface area contributed by atoms with Crippen LogP contribution in [0.15, 0.2) is 84.0 Å². The first-order chi connectivity index (χ1) is 17.0. The molecule has 0 aliphatic carbocycles. The van der Waals surface area contributed by atoms with Crippen LogP contribution >= 0.6 is 11.6 Å². The summed E-state index contributed by atoms with van der Waals surface area (Å²) in [4.78, 5) is 32.9. The normalized spacial score (nSPS) is 14.9. The van der Waals surface area contributed by atoms with Gasteiger partial charge in [0, 0.05) is 35.1 Å². The molecule has 3 N–H and O–H groups in total. The fraction of sp³-hybridized carbons (Fsp3) is 0.192. The number of hydrogen-bond donors (Lipinski definition) is 3. The van der Waals surface area contributed by atoms with Crippen molar-refractivity contribution in [2.24, 2.45) is 5.16 Å². The van der Waals surface area contributed by atoms with Gasteiger partial charge in [-0.3, -0.25) is 4.79 Å². The van der Waals surface area contributed by atoms with E-state index in [0.717, 1.165) is 30.9 Å². The van der Waals surface area contributed by atoms with Crippen LogP contribution in [0.25, 0.3) is 0 Å². The van der Waals surface area contributed by atoms with E-state index in [1.165, 1.54) is 7.11 Å². The van der Waals surface area contributed by atoms with Crippen molar-refractivity contribution < 1.29 is 14.4 Å². The van der Waals surface area contributed by atoms with E-state index in [1.807, 2.05) is 42.5 Å². The molecule has 1 heterocycles. The second kappa shape index (κ2) is 11.4. The Balaban J connectivity index is 1.46. The number of urea groups is 1. The predicted octanol–water partition coefficient (Wildman–Crippen LogP) is 5.40. The number of oxime groups is 1. The molecule has 3 amide bonds. The molecule has 35 heavy (non-hydrogen) atoms. The zero-order chi connectivity index (χ0) is 24.6. The van der Waals surface area contributed by atoms with Gasteiger partial charge in [-0.25, -0.2) is 4.79 Å². The standard InChI is InChI=1S/C26H26ClN5O3/c1-35-31-23-8-5-17-32(23)22-15-13-20(14-16-22)28-25(33)24(18-6-3-2-4-7-18)30-26(34)29-21-11-9-19(27)10-12-21/h2-4,6-7,9-16,24H,5,8,17H2,1H3,(H,28,33)(H2,29,30,34)/b31-23-/t24-/m1/s1. The molecule has 1 saturated heterocycles. The van der Waals surface area contributed by atoms with E-state index in [1.54, 1.807) is 36.4 Å². The van der Waals surface area contributed by atoms with E-state index in [-0.39, 0.29) is 5.91 Å². The summed E-state index contributed by atoms with van der Waals surface area (Å²) in [5.41, 5.74) is 2.80. The predicted molar refractivity (Wildman–Crippen MR) is 139 cm³/mol. The number of benzene rings is 3. The van der Waals surface area contributed by atoms with Crippen molar-refractivity contribution in [1.82, 2.24) is 5.32 Å². The molecule has 0 aromatic heterocycles. The lowest BCUT2D eigenvalue weighted by molar-refractivity contribution is -0.118. The maximum absolute atomic E-state index is 13.2. The minimum Gasteiger partial charge on any atom is -0.398 e. The Morgan fingerprint density at radius 3 is 2.29 bits per heavy atom. The van der Waals surface area contributed by atoms with Crippen molar-refractivity contribution in [3.63, 3.8) is 0 Å². The molecule has 1 atom stereocenters. The highest BCUT2D eigenvalue weighted by molar-refractivity contribution is 6.30. The Kier molecular flexibility index (Phi) is 7.84. The van der Waals surface area contributed by atoms with Gasteiger partial charge in [0.2, 0.25) is 0 Å². The summed E-state index contributed by atoms with van der Waals surface area (Å²) in [5.74, 6) is 0.516. The molecule has 1 fully saturated rings. The Hall–Kier alpha value is -4.04. The quantitative estimate of drug-likeness (QED) is 0.385. The lowest BCUT2D eigenvalue weighted by atomic mass is 10.1. The largest absolute Gasteiger partial charge is 0.398 e. The number of amidine groups is 1. The summed E-state index contributed by atoms with van der Waals surface area (Å²) < 4.78 is 0. The van der Waals surface area contributed by atoms with Crippen molar-refractivity contribution in [2.45, 2.75) is 18.9 Å². The zero-order valence-corrected chi connectivity index (χ0v) is 20.0. The molecule has 0 radical (unpaired) electrons. The molecule has 1 aliphatic rings. The maximum Gasteiger partial charge on any atom is 0.320 e. The van der Waals surface area contributed by atoms with E-state index in [9.17, 15) is 9.59 Å². The topological polar surface area (TPSA) is 95.1 Å². The second-order valence-electron chi connectivity index (χ2n) is 7.93. The molecule has 3 aromatic rings. The van der Waals surface area contributed by atoms with E-state index in [2.05, 4.69) is 26.0 Å². The van der Waals surface area contributed by atoms with Gasteiger partial charge in [-0.15, -0.1) is 0 Å². The van der Waals surface area contributed by atoms with Crippen LogP contribution in [0.4, 0.5) is 21.9 Å². The van der Waals surface area contributed by atoms with Crippen LogP contribution in [0.3, 0.4) is 0 Å². The summed E-state index contributed by atoms with van der Waals surface area (Å²) in [6.45, 7) is 0.858. The molecule has 0 unspecified atom stereocenters. The number of carbonyl (C=O) groups is 2. The van der Waals surface area contributed by atoms with Crippen LogP contribution in [0, 0.1) is 0 Å². The van der Waals surface area contributed by atoms with Gasteiger partial charge in [0.1, 0.15) is 19.0 Å². The first kappa shape index (κ1) is 24.1. The third-order valence-electron chi connectivity index (χ3n) is 5.51. The van der Waals surface area contributed by atoms with E-state index in [4.69, 9.17) is 16.4 Å². The number of carbonyl (C=O) groups excluding carboxylic acids is 2. The summed E-state index contributed by atoms with van der Waals surface area (Å²) in [5, 5.41) is 13.0. The Bertz CT molecular complexity index is 1180. The first-order valence-corrected chi connectivity index (χ1v) is 11.6. The molecule has 0 bridgehead atoms. The average molecular weight is 492 g/mol. The molecule has 8 nitrogen and oxygen atoms in total. The van der Waals surface area contributed by atoms with E-state index < -0.39 is 12.1 Å². The minimum absolute atomic E-state index is 0.363. The van der Waals surface area contributed by atoms with E-state index >= 15 is 0 Å². The molecular weight excluding hydrogens is 466 g/mol. The number of hydrogen-bond acceptors (Lipinski definition) is 4. The van der Waals surface area contributed by atoms with Crippen LogP contribution in [0.2, 0.25) is 5.02 Å². The van der Waals surface area contributed by atoms with Crippen LogP contribution in [0.5, 0.6) is 0 Å². The van der Waals surface area contributed by atoms with Crippen LogP contribution < -0.4 is 20.9 Å². The molecule has 180 valence electrons. The van der Waals surface area contributed by atoms with Crippen molar-refractivity contribution in [3.05, 3.63) is 89.4 Å². The zero-order valence-electron chi connectivity index (χ0n) is 19.2. The van der Waals surface area contributed by atoms with Crippen molar-refractivity contribution in [1.29, 1.82) is 0 Å². The lowest BCUT2D eigenvalue weighted by Gasteiger charge is -2.21. The number of nitrogens with one attached hydrogen (secondary N) is 3. The second-order valence-corrected chi connectivity index (χ2v) is 8.37. The number of nitrogens with zero attached hydrogens (tertiary/aromatic N) is 2. The summed E-state index contributed by atoms with van der Waals surface area (Å²) in [6.07, 6.45) is 1.86. The fourth-order valence-corrected chi connectivity index (χ4v) is 3.98. The van der Waals surface area contributed by atoms with Gasteiger partial charge in [-0.1, -0.05) is 47.1 Å². The number of anilines is 3. The molecule has 3 aromatic carbocycles. The van der Waals surface area contributed by atoms with Gasteiger partial charge in [-0.05, 0) is 60.5 Å². The molecule has 4 rings (SSSR count). The smallest absolute Gasteiger partial charge is 0.320 e. The maximum atomic E-state index is 13.2. The third kappa shape index (κ3) is 6.30. The molecule has 0 spiro atoms. The lowest BCUT2D eigenvalue weighted by Crippen LogP contribution is -2.39. The van der Waals surface area contributed by atoms with Gasteiger partial charge >= 0.3 is 6.03 Å². The van der Waals surface area contributed by atoms with Crippen LogP contribution in [-0.2, 0) is 9.63 Å². The summed E-state index contributed by atoms with van der Waals surface area (Å²) in [6, 6.07) is 21.9. The van der Waals surface area contributed by atoms with Gasteiger partial charge in [0.25, 0.3) is 5.91 Å². The van der Waals surface area contributed by atoms with Crippen molar-refractivity contribution >= 4 is 46.4 Å². The van der Waals surface area contributed by atoms with Crippen molar-refractivity contribution in [2.75, 3.05) is 29.2 Å². The summed E-state index contributed by atoms with van der Waals surface area (Å²) >= 11 is 5.90. The fourth-order valence-electron chi connectivity index (χ4n) is 3.85. The van der Waals surface area contributed by atoms with Gasteiger partial charge in [-0.2, -0.15) is 0 Å². The van der Waals surface area contributed by atoms with Gasteiger partial charge in [0.05, 0.1) is 0 Å². The third-order valence-corrected chi connectivity index (χ3v) is 5.76.